The van der Waals surface area contributed by atoms with Gasteiger partial charge in [-0.25, -0.2) is 4.39 Å². The number of halogens is 1. The molecular weight excluding hydrogens is 249 g/mol. The van der Waals surface area contributed by atoms with Gasteiger partial charge in [-0.05, 0) is 18.2 Å². The molecule has 0 aliphatic carbocycles. The summed E-state index contributed by atoms with van der Waals surface area (Å²) in [6.07, 6.45) is 0.544. The Morgan fingerprint density at radius 2 is 2.37 bits per heavy atom. The summed E-state index contributed by atoms with van der Waals surface area (Å²) in [6.45, 7) is 0.766. The molecular formula is C13H14FN3O2. The molecule has 0 saturated carbocycles. The van der Waals surface area contributed by atoms with E-state index >= 15 is 0 Å². The van der Waals surface area contributed by atoms with Crippen molar-refractivity contribution in [1.29, 1.82) is 5.26 Å². The molecule has 2 N–H and O–H groups in total. The molecule has 5 nitrogen and oxygen atoms in total. The minimum Gasteiger partial charge on any atom is -0.378 e. The van der Waals surface area contributed by atoms with Crippen molar-refractivity contribution >= 4 is 11.6 Å². The first-order valence-electron chi connectivity index (χ1n) is 5.89. The molecule has 6 heteroatoms. The predicted octanol–water partition coefficient (Wildman–Crippen LogP) is 1.28. The van der Waals surface area contributed by atoms with Crippen LogP contribution in [0.3, 0.4) is 0 Å². The molecule has 1 heterocycles. The number of ether oxygens (including phenoxy) is 1. The van der Waals surface area contributed by atoms with Crippen molar-refractivity contribution in [3.05, 3.63) is 29.6 Å². The van der Waals surface area contributed by atoms with E-state index < -0.39 is 17.3 Å². The maximum Gasteiger partial charge on any atom is 0.253 e. The zero-order valence-electron chi connectivity index (χ0n) is 10.5. The highest BCUT2D eigenvalue weighted by Crippen LogP contribution is 2.25. The summed E-state index contributed by atoms with van der Waals surface area (Å²) in [5, 5.41) is 14.5. The number of hydrogen-bond acceptors (Lipinski definition) is 4. The minimum absolute atomic E-state index is 0.0262. The van der Waals surface area contributed by atoms with Gasteiger partial charge in [-0.3, -0.25) is 4.79 Å². The van der Waals surface area contributed by atoms with Gasteiger partial charge in [0, 0.05) is 19.2 Å². The molecule has 100 valence electrons. The maximum absolute atomic E-state index is 13.8. The van der Waals surface area contributed by atoms with Gasteiger partial charge in [-0.2, -0.15) is 5.26 Å². The third-order valence-electron chi connectivity index (χ3n) is 3.06. The summed E-state index contributed by atoms with van der Waals surface area (Å²) < 4.78 is 19.0. The van der Waals surface area contributed by atoms with Crippen LogP contribution in [0, 0.1) is 17.1 Å². The van der Waals surface area contributed by atoms with Crippen LogP contribution in [0.5, 0.6) is 0 Å². The number of amides is 1. The smallest absolute Gasteiger partial charge is 0.253 e. The summed E-state index contributed by atoms with van der Waals surface area (Å²) >= 11 is 0. The number of rotatable bonds is 3. The SMILES string of the molecule is CNC(=O)c1ccc(NC2(C#N)CCOC2)cc1F. The Kier molecular flexibility index (Phi) is 3.67. The molecule has 2 rings (SSSR count). The van der Waals surface area contributed by atoms with Crippen LogP contribution in [-0.2, 0) is 4.74 Å². The summed E-state index contributed by atoms with van der Waals surface area (Å²) in [6, 6.07) is 6.33. The molecule has 0 radical (unpaired) electrons. The Hall–Kier alpha value is -2.13. The lowest BCUT2D eigenvalue weighted by Gasteiger charge is -2.22. The Balaban J connectivity index is 2.21. The quantitative estimate of drug-likeness (QED) is 0.861. The summed E-state index contributed by atoms with van der Waals surface area (Å²) in [5.74, 6) is -1.11. The fourth-order valence-corrected chi connectivity index (χ4v) is 1.97. The van der Waals surface area contributed by atoms with Crippen molar-refractivity contribution in [2.75, 3.05) is 25.6 Å². The van der Waals surface area contributed by atoms with Crippen molar-refractivity contribution in [3.8, 4) is 6.07 Å². The molecule has 0 aromatic heterocycles. The lowest BCUT2D eigenvalue weighted by atomic mass is 10.0. The van der Waals surface area contributed by atoms with Crippen LogP contribution in [0.15, 0.2) is 18.2 Å². The zero-order valence-corrected chi connectivity index (χ0v) is 10.5. The number of anilines is 1. The molecule has 1 aliphatic rings. The third-order valence-corrected chi connectivity index (χ3v) is 3.06. The standard InChI is InChI=1S/C13H14FN3O2/c1-16-12(18)10-3-2-9(6-11(10)14)17-13(7-15)4-5-19-8-13/h2-3,6,17H,4-5,8H2,1H3,(H,16,18). The van der Waals surface area contributed by atoms with Gasteiger partial charge >= 0.3 is 0 Å². The highest BCUT2D eigenvalue weighted by molar-refractivity contribution is 5.94. The van der Waals surface area contributed by atoms with Gasteiger partial charge in [-0.15, -0.1) is 0 Å². The topological polar surface area (TPSA) is 74.2 Å². The Morgan fingerprint density at radius 3 is 2.89 bits per heavy atom. The van der Waals surface area contributed by atoms with Crippen molar-refractivity contribution in [2.45, 2.75) is 12.0 Å². The molecule has 1 aromatic rings. The lowest BCUT2D eigenvalue weighted by molar-refractivity contribution is 0.0959. The number of nitrogens with zero attached hydrogens (tertiary/aromatic N) is 1. The second-order valence-corrected chi connectivity index (χ2v) is 4.40. The molecule has 1 atom stereocenters. The number of benzene rings is 1. The van der Waals surface area contributed by atoms with Crippen LogP contribution < -0.4 is 10.6 Å². The van der Waals surface area contributed by atoms with E-state index in [9.17, 15) is 14.4 Å². The van der Waals surface area contributed by atoms with Crippen molar-refractivity contribution < 1.29 is 13.9 Å². The fraction of sp³-hybridized carbons (Fsp3) is 0.385. The molecule has 19 heavy (non-hydrogen) atoms. The van der Waals surface area contributed by atoms with Crippen LogP contribution >= 0.6 is 0 Å². The van der Waals surface area contributed by atoms with E-state index in [2.05, 4.69) is 16.7 Å². The van der Waals surface area contributed by atoms with Crippen LogP contribution in [0.4, 0.5) is 10.1 Å². The normalized spacial score (nSPS) is 21.7. The first-order valence-corrected chi connectivity index (χ1v) is 5.89. The van der Waals surface area contributed by atoms with E-state index in [4.69, 9.17) is 4.74 Å². The highest BCUT2D eigenvalue weighted by atomic mass is 19.1. The largest absolute Gasteiger partial charge is 0.378 e. The number of hydrogen-bond donors (Lipinski definition) is 2. The third kappa shape index (κ3) is 2.66. The van der Waals surface area contributed by atoms with E-state index in [0.29, 0.717) is 18.7 Å². The van der Waals surface area contributed by atoms with Gasteiger partial charge < -0.3 is 15.4 Å². The molecule has 1 fully saturated rings. The average molecular weight is 263 g/mol. The predicted molar refractivity (Wildman–Crippen MR) is 67.2 cm³/mol. The lowest BCUT2D eigenvalue weighted by Crippen LogP contribution is -2.37. The van der Waals surface area contributed by atoms with Gasteiger partial charge in [0.2, 0.25) is 0 Å². The number of nitrogens with one attached hydrogen (secondary N) is 2. The fourth-order valence-electron chi connectivity index (χ4n) is 1.97. The second kappa shape index (κ2) is 5.24. The van der Waals surface area contributed by atoms with E-state index in [0.717, 1.165) is 0 Å². The van der Waals surface area contributed by atoms with Crippen LogP contribution in [0.2, 0.25) is 0 Å². The minimum atomic E-state index is -0.818. The molecule has 0 spiro atoms. The van der Waals surface area contributed by atoms with Gasteiger partial charge in [0.15, 0.2) is 5.54 Å². The van der Waals surface area contributed by atoms with Gasteiger partial charge in [-0.1, -0.05) is 0 Å². The van der Waals surface area contributed by atoms with Gasteiger partial charge in [0.25, 0.3) is 5.91 Å². The summed E-state index contributed by atoms with van der Waals surface area (Å²) in [4.78, 5) is 11.4. The molecule has 0 bridgehead atoms. The average Bonchev–Trinajstić information content (AvgIpc) is 2.87. The Morgan fingerprint density at radius 1 is 1.58 bits per heavy atom. The monoisotopic (exact) mass is 263 g/mol. The van der Waals surface area contributed by atoms with E-state index in [-0.39, 0.29) is 12.2 Å². The first kappa shape index (κ1) is 13.3. The maximum atomic E-state index is 13.8. The molecule has 1 amide bonds. The zero-order chi connectivity index (χ0) is 13.9. The number of carbonyl (C=O) groups is 1. The summed E-state index contributed by atoms with van der Waals surface area (Å²) in [5.41, 5.74) is -0.389. The van der Waals surface area contributed by atoms with E-state index in [1.807, 2.05) is 0 Å². The number of carbonyl (C=O) groups excluding carboxylic acids is 1. The van der Waals surface area contributed by atoms with E-state index in [1.165, 1.54) is 19.2 Å². The molecule has 1 unspecified atom stereocenters. The Bertz CT molecular complexity index is 533. The van der Waals surface area contributed by atoms with Crippen molar-refractivity contribution in [1.82, 2.24) is 5.32 Å². The molecule has 1 saturated heterocycles. The van der Waals surface area contributed by atoms with Crippen molar-refractivity contribution in [3.63, 3.8) is 0 Å². The molecule has 1 aliphatic heterocycles. The van der Waals surface area contributed by atoms with Gasteiger partial charge in [0.05, 0.1) is 24.8 Å². The van der Waals surface area contributed by atoms with Crippen molar-refractivity contribution in [2.24, 2.45) is 0 Å². The van der Waals surface area contributed by atoms with E-state index in [1.54, 1.807) is 6.07 Å². The number of nitriles is 1. The second-order valence-electron chi connectivity index (χ2n) is 4.40. The highest BCUT2D eigenvalue weighted by Gasteiger charge is 2.35. The van der Waals surface area contributed by atoms with Crippen LogP contribution in [0.1, 0.15) is 16.8 Å². The van der Waals surface area contributed by atoms with Crippen LogP contribution in [-0.4, -0.2) is 31.7 Å². The Labute approximate surface area is 110 Å². The first-order chi connectivity index (χ1) is 9.10. The van der Waals surface area contributed by atoms with Gasteiger partial charge in [0.1, 0.15) is 5.82 Å². The summed E-state index contributed by atoms with van der Waals surface area (Å²) in [7, 11) is 1.44. The molecule has 1 aromatic carbocycles. The van der Waals surface area contributed by atoms with Crippen LogP contribution in [0.25, 0.3) is 0 Å².